The summed E-state index contributed by atoms with van der Waals surface area (Å²) in [6.07, 6.45) is 6.81. The van der Waals surface area contributed by atoms with Crippen LogP contribution < -0.4 is 18.9 Å². The molecule has 0 spiro atoms. The van der Waals surface area contributed by atoms with Crippen LogP contribution in [0.15, 0.2) is 72.8 Å². The average molecular weight is 1060 g/mol. The molecule has 6 nitrogen and oxygen atoms in total. The Hall–Kier alpha value is -1.08. The second-order valence-electron chi connectivity index (χ2n) is 10.9. The fourth-order valence-corrected chi connectivity index (χ4v) is 7.32. The van der Waals surface area contributed by atoms with Gasteiger partial charge >= 0.3 is 0 Å². The van der Waals surface area contributed by atoms with Gasteiger partial charge in [-0.2, -0.15) is 0 Å². The van der Waals surface area contributed by atoms with Crippen LogP contribution in [0.25, 0.3) is 0 Å². The fraction of sp³-hybridized carbons (Fsp3) is 0.314. The molecule has 2 atom stereocenters. The molecule has 4 aromatic carbocycles. The summed E-state index contributed by atoms with van der Waals surface area (Å²) < 4.78 is 40.2. The van der Waals surface area contributed by atoms with E-state index in [-0.39, 0.29) is 12.6 Å². The highest BCUT2D eigenvalue weighted by Crippen LogP contribution is 2.37. The lowest BCUT2D eigenvalue weighted by molar-refractivity contribution is -0.106. The minimum Gasteiger partial charge on any atom is -0.464 e. The number of rotatable bonds is 10. The van der Waals surface area contributed by atoms with Gasteiger partial charge in [0.05, 0.1) is 27.5 Å². The van der Waals surface area contributed by atoms with Crippen LogP contribution in [-0.4, -0.2) is 25.8 Å². The molecular weight excluding hydrogens is 1020 g/mol. The van der Waals surface area contributed by atoms with Gasteiger partial charge in [-0.25, -0.2) is 0 Å². The number of benzene rings is 4. The van der Waals surface area contributed by atoms with Crippen molar-refractivity contribution in [2.45, 2.75) is 57.5 Å². The summed E-state index contributed by atoms with van der Waals surface area (Å²) in [5, 5.41) is 0. The second kappa shape index (κ2) is 16.3. The quantitative estimate of drug-likeness (QED) is 0.148. The van der Waals surface area contributed by atoms with Gasteiger partial charge in [-0.15, -0.1) is 0 Å². The average Bonchev–Trinajstić information content (AvgIpc) is 3.05. The number of halogens is 4. The first-order valence-corrected chi connectivity index (χ1v) is 19.3. The van der Waals surface area contributed by atoms with Gasteiger partial charge in [-0.05, 0) is 182 Å². The molecule has 236 valence electrons. The Bertz CT molecular complexity index is 1460. The van der Waals surface area contributed by atoms with Crippen LogP contribution in [0.5, 0.6) is 34.5 Å². The molecule has 0 bridgehead atoms. The van der Waals surface area contributed by atoms with Gasteiger partial charge < -0.3 is 28.4 Å². The largest absolute Gasteiger partial charge is 0.464 e. The normalized spacial score (nSPS) is 18.3. The Kier molecular flexibility index (Phi) is 12.3. The Morgan fingerprint density at radius 2 is 0.889 bits per heavy atom. The molecule has 2 aliphatic rings. The summed E-state index contributed by atoms with van der Waals surface area (Å²) in [6, 6.07) is 24.6. The van der Waals surface area contributed by atoms with E-state index in [2.05, 4.69) is 115 Å². The number of hydrogen-bond acceptors (Lipinski definition) is 6. The zero-order valence-corrected chi connectivity index (χ0v) is 33.0. The van der Waals surface area contributed by atoms with E-state index in [4.69, 9.17) is 28.4 Å². The third kappa shape index (κ3) is 9.51. The molecule has 0 saturated carbocycles. The maximum atomic E-state index is 6.24. The van der Waals surface area contributed by atoms with E-state index in [0.29, 0.717) is 0 Å². The van der Waals surface area contributed by atoms with E-state index < -0.39 is 0 Å². The number of hydrogen-bond donors (Lipinski definition) is 0. The van der Waals surface area contributed by atoms with Gasteiger partial charge in [-0.3, -0.25) is 0 Å². The van der Waals surface area contributed by atoms with Crippen molar-refractivity contribution < 1.29 is 28.4 Å². The van der Waals surface area contributed by atoms with Crippen molar-refractivity contribution in [2.75, 3.05) is 13.2 Å². The zero-order valence-electron chi connectivity index (χ0n) is 24.4. The predicted molar refractivity (Wildman–Crippen MR) is 208 cm³/mol. The first-order chi connectivity index (χ1) is 21.9. The fourth-order valence-electron chi connectivity index (χ4n) is 5.09. The van der Waals surface area contributed by atoms with Gasteiger partial charge in [0, 0.05) is 12.8 Å². The van der Waals surface area contributed by atoms with Gasteiger partial charge in [0.15, 0.2) is 12.6 Å². The highest BCUT2D eigenvalue weighted by molar-refractivity contribution is 14.1. The molecule has 2 fully saturated rings. The summed E-state index contributed by atoms with van der Waals surface area (Å²) in [5.41, 5.74) is 2.41. The van der Waals surface area contributed by atoms with E-state index in [1.165, 1.54) is 11.1 Å². The first-order valence-electron chi connectivity index (χ1n) is 15.0. The third-order valence-electron chi connectivity index (χ3n) is 7.48. The highest BCUT2D eigenvalue weighted by atomic mass is 127. The molecule has 6 rings (SSSR count). The summed E-state index contributed by atoms with van der Waals surface area (Å²) >= 11 is 9.19. The van der Waals surface area contributed by atoms with Crippen LogP contribution in [0.4, 0.5) is 0 Å². The summed E-state index contributed by atoms with van der Waals surface area (Å²) in [6.45, 7) is 1.52. The molecule has 45 heavy (non-hydrogen) atoms. The molecule has 0 N–H and O–H groups in total. The molecule has 2 saturated heterocycles. The van der Waals surface area contributed by atoms with Gasteiger partial charge in [-0.1, -0.05) is 24.3 Å². The molecule has 10 heteroatoms. The third-order valence-corrected chi connectivity index (χ3v) is 10.8. The van der Waals surface area contributed by atoms with E-state index in [0.717, 1.165) is 107 Å². The summed E-state index contributed by atoms with van der Waals surface area (Å²) in [7, 11) is 0. The first kappa shape index (κ1) is 33.8. The van der Waals surface area contributed by atoms with E-state index >= 15 is 0 Å². The van der Waals surface area contributed by atoms with Crippen LogP contribution in [0.2, 0.25) is 0 Å². The van der Waals surface area contributed by atoms with E-state index in [9.17, 15) is 0 Å². The van der Waals surface area contributed by atoms with Crippen LogP contribution >= 0.6 is 90.4 Å². The maximum Gasteiger partial charge on any atom is 0.199 e. The maximum absolute atomic E-state index is 6.24. The molecule has 0 radical (unpaired) electrons. The van der Waals surface area contributed by atoms with Crippen molar-refractivity contribution in [1.82, 2.24) is 0 Å². The molecule has 0 aromatic heterocycles. The molecule has 2 heterocycles. The predicted octanol–water partition coefficient (Wildman–Crippen LogP) is 11.1. The minimum atomic E-state index is -0.168. The molecule has 0 amide bonds. The van der Waals surface area contributed by atoms with Crippen molar-refractivity contribution in [3.05, 3.63) is 98.2 Å². The molecular formula is C35H32I4O6. The van der Waals surface area contributed by atoms with Crippen molar-refractivity contribution >= 4 is 90.4 Å². The lowest BCUT2D eigenvalue weighted by Crippen LogP contribution is -2.25. The van der Waals surface area contributed by atoms with Crippen molar-refractivity contribution in [3.8, 4) is 34.5 Å². The van der Waals surface area contributed by atoms with Gasteiger partial charge in [0.1, 0.15) is 34.5 Å². The van der Waals surface area contributed by atoms with Gasteiger partial charge in [0.2, 0.25) is 0 Å². The zero-order chi connectivity index (χ0) is 31.2. The summed E-state index contributed by atoms with van der Waals surface area (Å²) in [5.74, 6) is 4.89. The van der Waals surface area contributed by atoms with E-state index in [1.807, 2.05) is 48.5 Å². The van der Waals surface area contributed by atoms with Crippen LogP contribution in [-0.2, 0) is 15.9 Å². The summed E-state index contributed by atoms with van der Waals surface area (Å²) in [4.78, 5) is 0. The lowest BCUT2D eigenvalue weighted by Gasteiger charge is -2.24. The van der Waals surface area contributed by atoms with E-state index in [1.54, 1.807) is 0 Å². The van der Waals surface area contributed by atoms with Gasteiger partial charge in [0.25, 0.3) is 0 Å². The highest BCUT2D eigenvalue weighted by Gasteiger charge is 2.20. The Labute approximate surface area is 318 Å². The SMILES string of the molecule is Ic1cc(OC2CCCCO2)c(I)cc1Oc1ccc(Cc2ccc(Oc3cc(I)c(OC4CCCCO4)cc3I)cc2)cc1. The number of ether oxygens (including phenoxy) is 6. The molecule has 4 aromatic rings. The molecule has 2 aliphatic heterocycles. The minimum absolute atomic E-state index is 0.168. The van der Waals surface area contributed by atoms with Crippen molar-refractivity contribution in [2.24, 2.45) is 0 Å². The topological polar surface area (TPSA) is 55.4 Å². The van der Waals surface area contributed by atoms with Crippen LogP contribution in [0, 0.1) is 14.3 Å². The smallest absolute Gasteiger partial charge is 0.199 e. The second-order valence-corrected chi connectivity index (χ2v) is 15.6. The van der Waals surface area contributed by atoms with Crippen LogP contribution in [0.1, 0.15) is 49.7 Å². The Balaban J connectivity index is 1.03. The van der Waals surface area contributed by atoms with Crippen molar-refractivity contribution in [1.29, 1.82) is 0 Å². The standard InChI is InChI=1S/C35H32I4O6/c36-26-20-32(44-34-5-1-3-15-40-34)28(38)18-30(26)42-24-11-7-22(8-12-24)17-23-9-13-25(14-10-23)43-31-19-29(39)33(21-27(31)37)45-35-6-2-4-16-41-35/h7-14,18-21,34-35H,1-6,15-17H2. The Morgan fingerprint density at radius 3 is 1.27 bits per heavy atom. The molecule has 2 unspecified atom stereocenters. The van der Waals surface area contributed by atoms with Crippen molar-refractivity contribution in [3.63, 3.8) is 0 Å². The van der Waals surface area contributed by atoms with Crippen LogP contribution in [0.3, 0.4) is 0 Å². The Morgan fingerprint density at radius 1 is 0.511 bits per heavy atom. The molecule has 0 aliphatic carbocycles. The lowest BCUT2D eigenvalue weighted by atomic mass is 10.0. The monoisotopic (exact) mass is 1060 g/mol.